The van der Waals surface area contributed by atoms with Gasteiger partial charge in [0.05, 0.1) is 30.3 Å². The molecule has 29 heavy (non-hydrogen) atoms. The quantitative estimate of drug-likeness (QED) is 0.440. The van der Waals surface area contributed by atoms with E-state index < -0.39 is 5.97 Å². The Bertz CT molecular complexity index is 1190. The predicted molar refractivity (Wildman–Crippen MR) is 114 cm³/mol. The highest BCUT2D eigenvalue weighted by atomic mass is 79.9. The van der Waals surface area contributed by atoms with Gasteiger partial charge in [0.15, 0.2) is 5.65 Å². The van der Waals surface area contributed by atoms with Crippen molar-refractivity contribution in [3.8, 4) is 5.75 Å². The van der Waals surface area contributed by atoms with Crippen molar-refractivity contribution in [3.05, 3.63) is 76.5 Å². The first-order chi connectivity index (χ1) is 14.0. The van der Waals surface area contributed by atoms with Crippen LogP contribution in [0.4, 0.5) is 11.4 Å². The lowest BCUT2D eigenvalue weighted by molar-refractivity contribution is 0.0697. The molecule has 0 radical (unpaired) electrons. The van der Waals surface area contributed by atoms with Crippen LogP contribution >= 0.6 is 15.9 Å². The maximum absolute atomic E-state index is 11.2. The molecule has 8 heteroatoms. The van der Waals surface area contributed by atoms with Crippen molar-refractivity contribution in [2.45, 2.75) is 6.54 Å². The summed E-state index contributed by atoms with van der Waals surface area (Å²) in [5.74, 6) is -0.171. The summed E-state index contributed by atoms with van der Waals surface area (Å²) in [6, 6.07) is 16.3. The Morgan fingerprint density at radius 1 is 1.21 bits per heavy atom. The summed E-state index contributed by atoms with van der Waals surface area (Å²) >= 11 is 3.53. The minimum absolute atomic E-state index is 0.217. The third-order valence-corrected chi connectivity index (χ3v) is 5.03. The van der Waals surface area contributed by atoms with Gasteiger partial charge in [-0.25, -0.2) is 14.5 Å². The van der Waals surface area contributed by atoms with E-state index in [1.807, 2.05) is 41.1 Å². The second-order valence-corrected chi connectivity index (χ2v) is 7.12. The van der Waals surface area contributed by atoms with E-state index in [0.717, 1.165) is 22.4 Å². The number of carboxylic acid groups (broad SMARTS) is 1. The molecule has 0 aliphatic carbocycles. The SMILES string of the molecule is COc1ccc(Cn2nc(Br)c3c(Nc4cccc(C(=O)O)c4)ccnc32)cc1. The van der Waals surface area contributed by atoms with Crippen LogP contribution in [0.25, 0.3) is 11.0 Å². The summed E-state index contributed by atoms with van der Waals surface area (Å²) in [4.78, 5) is 15.7. The van der Waals surface area contributed by atoms with E-state index in [2.05, 4.69) is 31.3 Å². The molecule has 7 nitrogen and oxygen atoms in total. The van der Waals surface area contributed by atoms with Crippen LogP contribution in [0.3, 0.4) is 0 Å². The molecule has 2 heterocycles. The Balaban J connectivity index is 1.68. The topological polar surface area (TPSA) is 89.3 Å². The second-order valence-electron chi connectivity index (χ2n) is 6.36. The fraction of sp³-hybridized carbons (Fsp3) is 0.0952. The standard InChI is InChI=1S/C21H17BrN4O3/c1-29-16-7-5-13(6-8-16)12-26-20-18(19(22)25-26)17(9-10-23-20)24-15-4-2-3-14(11-15)21(27)28/h2-11H,12H2,1H3,(H,23,24)(H,27,28). The van der Waals surface area contributed by atoms with Gasteiger partial charge in [-0.3, -0.25) is 0 Å². The monoisotopic (exact) mass is 452 g/mol. The Morgan fingerprint density at radius 2 is 2.00 bits per heavy atom. The molecule has 0 fully saturated rings. The van der Waals surface area contributed by atoms with E-state index in [1.54, 1.807) is 31.5 Å². The maximum Gasteiger partial charge on any atom is 0.335 e. The van der Waals surface area contributed by atoms with E-state index in [0.29, 0.717) is 22.5 Å². The molecule has 0 bridgehead atoms. The smallest absolute Gasteiger partial charge is 0.335 e. The Kier molecular flexibility index (Phi) is 5.18. The third kappa shape index (κ3) is 3.93. The average Bonchev–Trinajstić information content (AvgIpc) is 3.05. The molecule has 2 aromatic heterocycles. The highest BCUT2D eigenvalue weighted by Crippen LogP contribution is 2.31. The molecule has 0 saturated heterocycles. The fourth-order valence-corrected chi connectivity index (χ4v) is 3.64. The number of pyridine rings is 1. The van der Waals surface area contributed by atoms with Crippen molar-refractivity contribution in [1.29, 1.82) is 0 Å². The minimum Gasteiger partial charge on any atom is -0.497 e. The lowest BCUT2D eigenvalue weighted by Crippen LogP contribution is -2.03. The van der Waals surface area contributed by atoms with Crippen LogP contribution < -0.4 is 10.1 Å². The minimum atomic E-state index is -0.970. The number of rotatable bonds is 6. The van der Waals surface area contributed by atoms with E-state index in [9.17, 15) is 9.90 Å². The van der Waals surface area contributed by atoms with Crippen LogP contribution in [0, 0.1) is 0 Å². The van der Waals surface area contributed by atoms with Crippen molar-refractivity contribution < 1.29 is 14.6 Å². The van der Waals surface area contributed by atoms with E-state index in [4.69, 9.17) is 4.74 Å². The van der Waals surface area contributed by atoms with Gasteiger partial charge in [0.1, 0.15) is 10.4 Å². The first-order valence-electron chi connectivity index (χ1n) is 8.79. The van der Waals surface area contributed by atoms with Crippen molar-refractivity contribution in [3.63, 3.8) is 0 Å². The number of halogens is 1. The molecule has 0 amide bonds. The largest absolute Gasteiger partial charge is 0.497 e. The molecular formula is C21H17BrN4O3. The number of ether oxygens (including phenoxy) is 1. The number of anilines is 2. The van der Waals surface area contributed by atoms with Crippen LogP contribution in [-0.2, 0) is 6.54 Å². The van der Waals surface area contributed by atoms with Gasteiger partial charge < -0.3 is 15.2 Å². The first kappa shape index (κ1) is 18.9. The number of aromatic nitrogens is 3. The number of hydrogen-bond donors (Lipinski definition) is 2. The van der Waals surface area contributed by atoms with Crippen molar-refractivity contribution in [2.24, 2.45) is 0 Å². The van der Waals surface area contributed by atoms with E-state index >= 15 is 0 Å². The second kappa shape index (κ2) is 7.92. The van der Waals surface area contributed by atoms with Crippen LogP contribution in [-0.4, -0.2) is 33.0 Å². The van der Waals surface area contributed by atoms with Gasteiger partial charge in [0, 0.05) is 11.9 Å². The van der Waals surface area contributed by atoms with Crippen molar-refractivity contribution in [1.82, 2.24) is 14.8 Å². The van der Waals surface area contributed by atoms with E-state index in [-0.39, 0.29) is 5.56 Å². The number of carboxylic acids is 1. The zero-order chi connectivity index (χ0) is 20.4. The molecule has 0 spiro atoms. The van der Waals surface area contributed by atoms with Gasteiger partial charge in [-0.2, -0.15) is 5.10 Å². The van der Waals surface area contributed by atoms with Gasteiger partial charge >= 0.3 is 5.97 Å². The van der Waals surface area contributed by atoms with Crippen molar-refractivity contribution in [2.75, 3.05) is 12.4 Å². The van der Waals surface area contributed by atoms with Crippen LogP contribution in [0.2, 0.25) is 0 Å². The van der Waals surface area contributed by atoms with Crippen LogP contribution in [0.1, 0.15) is 15.9 Å². The van der Waals surface area contributed by atoms with Crippen LogP contribution in [0.15, 0.2) is 65.4 Å². The molecule has 0 aliphatic heterocycles. The maximum atomic E-state index is 11.2. The number of methoxy groups -OCH3 is 1. The molecular weight excluding hydrogens is 436 g/mol. The predicted octanol–water partition coefficient (Wildman–Crippen LogP) is 4.69. The molecule has 2 N–H and O–H groups in total. The molecule has 0 aliphatic rings. The third-order valence-electron chi connectivity index (χ3n) is 4.47. The molecule has 4 rings (SSSR count). The van der Waals surface area contributed by atoms with Gasteiger partial charge in [0.25, 0.3) is 0 Å². The molecule has 0 unspecified atom stereocenters. The highest BCUT2D eigenvalue weighted by molar-refractivity contribution is 9.10. The number of benzene rings is 2. The van der Waals surface area contributed by atoms with E-state index in [1.165, 1.54) is 0 Å². The number of hydrogen-bond acceptors (Lipinski definition) is 5. The normalized spacial score (nSPS) is 10.8. The summed E-state index contributed by atoms with van der Waals surface area (Å²) in [6.45, 7) is 0.553. The molecule has 0 saturated carbocycles. The Labute approximate surface area is 175 Å². The van der Waals surface area contributed by atoms with Gasteiger partial charge in [-0.1, -0.05) is 18.2 Å². The van der Waals surface area contributed by atoms with Gasteiger partial charge in [-0.15, -0.1) is 0 Å². The summed E-state index contributed by atoms with van der Waals surface area (Å²) in [5.41, 5.74) is 3.45. The lowest BCUT2D eigenvalue weighted by Gasteiger charge is -2.09. The molecule has 4 aromatic rings. The molecule has 0 atom stereocenters. The summed E-state index contributed by atoms with van der Waals surface area (Å²) in [5, 5.41) is 17.9. The highest BCUT2D eigenvalue weighted by Gasteiger charge is 2.15. The fourth-order valence-electron chi connectivity index (χ4n) is 3.06. The molecule has 2 aromatic carbocycles. The summed E-state index contributed by atoms with van der Waals surface area (Å²) in [7, 11) is 1.64. The van der Waals surface area contributed by atoms with Crippen molar-refractivity contribution >= 4 is 44.3 Å². The summed E-state index contributed by atoms with van der Waals surface area (Å²) in [6.07, 6.45) is 1.70. The van der Waals surface area contributed by atoms with Gasteiger partial charge in [-0.05, 0) is 57.9 Å². The Morgan fingerprint density at radius 3 is 2.72 bits per heavy atom. The number of fused-ring (bicyclic) bond motifs is 1. The number of aromatic carboxylic acids is 1. The zero-order valence-corrected chi connectivity index (χ0v) is 17.0. The number of nitrogens with zero attached hydrogens (tertiary/aromatic N) is 3. The molecule has 146 valence electrons. The summed E-state index contributed by atoms with van der Waals surface area (Å²) < 4.78 is 7.68. The number of carbonyl (C=O) groups is 1. The average molecular weight is 453 g/mol. The zero-order valence-electron chi connectivity index (χ0n) is 15.5. The lowest BCUT2D eigenvalue weighted by atomic mass is 10.2. The Hall–Kier alpha value is -3.39. The van der Waals surface area contributed by atoms with Gasteiger partial charge in [0.2, 0.25) is 0 Å². The van der Waals surface area contributed by atoms with Crippen LogP contribution in [0.5, 0.6) is 5.75 Å². The number of nitrogens with one attached hydrogen (secondary N) is 1. The first-order valence-corrected chi connectivity index (χ1v) is 9.59.